The van der Waals surface area contributed by atoms with Crippen molar-refractivity contribution in [3.05, 3.63) is 23.0 Å². The van der Waals surface area contributed by atoms with Crippen LogP contribution in [0.5, 0.6) is 0 Å². The second-order valence-corrected chi connectivity index (χ2v) is 6.33. The summed E-state index contributed by atoms with van der Waals surface area (Å²) in [5, 5.41) is 8.74. The molecule has 2 aromatic rings. The first-order valence-electron chi connectivity index (χ1n) is 4.84. The topological polar surface area (TPSA) is 79.0 Å². The van der Waals surface area contributed by atoms with E-state index in [4.69, 9.17) is 0 Å². The highest BCUT2D eigenvalue weighted by Crippen LogP contribution is 2.26. The molecule has 2 heterocycles. The number of H-pyrrole nitrogens is 1. The molecule has 0 fully saturated rings. The first-order valence-corrected chi connectivity index (χ1v) is 7.16. The molecule has 0 radical (unpaired) electrons. The first kappa shape index (κ1) is 12.1. The van der Waals surface area contributed by atoms with Crippen molar-refractivity contribution in [2.75, 3.05) is 11.4 Å². The number of nitrogens with one attached hydrogen (secondary N) is 1. The minimum atomic E-state index is -3.59. The Bertz CT molecular complexity index is 596. The molecular weight excluding hydrogens is 260 g/mol. The van der Waals surface area contributed by atoms with Gasteiger partial charge in [-0.15, -0.1) is 11.3 Å². The molecule has 92 valence electrons. The highest BCUT2D eigenvalue weighted by molar-refractivity contribution is 7.93. The van der Waals surface area contributed by atoms with Gasteiger partial charge in [-0.1, -0.05) is 0 Å². The third-order valence-electron chi connectivity index (χ3n) is 2.37. The average molecular weight is 272 g/mol. The summed E-state index contributed by atoms with van der Waals surface area (Å²) >= 11 is 1.27. The Balaban J connectivity index is 2.51. The summed E-state index contributed by atoms with van der Waals surface area (Å²) < 4.78 is 25.9. The molecule has 0 spiro atoms. The summed E-state index contributed by atoms with van der Waals surface area (Å²) in [6.45, 7) is 3.34. The maximum Gasteiger partial charge on any atom is 0.269 e. The Morgan fingerprint density at radius 1 is 1.41 bits per heavy atom. The van der Waals surface area contributed by atoms with Crippen LogP contribution in [0.4, 0.5) is 5.13 Å². The highest BCUT2D eigenvalue weighted by atomic mass is 32.2. The van der Waals surface area contributed by atoms with Crippen molar-refractivity contribution in [1.82, 2.24) is 15.2 Å². The lowest BCUT2D eigenvalue weighted by Gasteiger charge is -2.16. The molecule has 17 heavy (non-hydrogen) atoms. The summed E-state index contributed by atoms with van der Waals surface area (Å²) in [5.74, 6) is 0. The molecular formula is C9H12N4O2S2. The third-order valence-corrected chi connectivity index (χ3v) is 5.34. The summed E-state index contributed by atoms with van der Waals surface area (Å²) in [5.41, 5.74) is 0.997. The summed E-state index contributed by atoms with van der Waals surface area (Å²) in [6, 6.07) is 0. The maximum absolute atomic E-state index is 12.4. The van der Waals surface area contributed by atoms with E-state index in [1.807, 2.05) is 0 Å². The number of anilines is 1. The summed E-state index contributed by atoms with van der Waals surface area (Å²) in [4.78, 5) is 4.20. The quantitative estimate of drug-likeness (QED) is 0.913. The minimum absolute atomic E-state index is 0.218. The van der Waals surface area contributed by atoms with Crippen molar-refractivity contribution >= 4 is 26.5 Å². The van der Waals surface area contributed by atoms with Gasteiger partial charge in [-0.2, -0.15) is 5.10 Å². The number of hydrogen-bond acceptors (Lipinski definition) is 5. The number of aromatic amines is 1. The van der Waals surface area contributed by atoms with Crippen LogP contribution in [0.2, 0.25) is 0 Å². The molecule has 0 aliphatic heterocycles. The molecule has 0 saturated carbocycles. The van der Waals surface area contributed by atoms with Gasteiger partial charge >= 0.3 is 0 Å². The number of thiazole rings is 1. The zero-order chi connectivity index (χ0) is 12.6. The monoisotopic (exact) mass is 272 g/mol. The van der Waals surface area contributed by atoms with Crippen LogP contribution in [0, 0.1) is 13.8 Å². The predicted octanol–water partition coefficient (Wildman–Crippen LogP) is 1.31. The van der Waals surface area contributed by atoms with Crippen LogP contribution in [0.15, 0.2) is 16.5 Å². The number of hydrogen-bond donors (Lipinski definition) is 1. The van der Waals surface area contributed by atoms with Crippen LogP contribution in [-0.4, -0.2) is 30.6 Å². The number of aryl methyl sites for hydroxylation is 2. The molecule has 0 bridgehead atoms. The molecule has 0 saturated heterocycles. The molecule has 1 N–H and O–H groups in total. The van der Waals surface area contributed by atoms with E-state index in [1.165, 1.54) is 22.7 Å². The van der Waals surface area contributed by atoms with Crippen molar-refractivity contribution in [3.8, 4) is 0 Å². The Morgan fingerprint density at radius 2 is 2.12 bits per heavy atom. The fraction of sp³-hybridized carbons (Fsp3) is 0.333. The Labute approximate surface area is 103 Å². The smallest absolute Gasteiger partial charge is 0.269 e. The minimum Gasteiger partial charge on any atom is -0.281 e. The van der Waals surface area contributed by atoms with E-state index in [0.29, 0.717) is 16.5 Å². The van der Waals surface area contributed by atoms with Gasteiger partial charge in [0.15, 0.2) is 5.13 Å². The lowest BCUT2D eigenvalue weighted by molar-refractivity contribution is 0.593. The third kappa shape index (κ3) is 1.93. The van der Waals surface area contributed by atoms with E-state index in [9.17, 15) is 8.42 Å². The standard InChI is InChI=1S/C9H12N4O2S2/c1-6-8(7(2)12-11-6)17(14,15)13(3)9-10-4-5-16-9/h4-5H,1-3H3,(H,11,12). The number of nitrogens with zero attached hydrogens (tertiary/aromatic N) is 3. The van der Waals surface area contributed by atoms with Crippen molar-refractivity contribution in [2.45, 2.75) is 18.7 Å². The summed E-state index contributed by atoms with van der Waals surface area (Å²) in [7, 11) is -2.11. The maximum atomic E-state index is 12.4. The van der Waals surface area contributed by atoms with Crippen molar-refractivity contribution in [2.24, 2.45) is 0 Å². The molecule has 0 unspecified atom stereocenters. The van der Waals surface area contributed by atoms with Crippen molar-refractivity contribution in [3.63, 3.8) is 0 Å². The molecule has 0 aliphatic carbocycles. The van der Waals surface area contributed by atoms with Gasteiger partial charge in [0.2, 0.25) is 0 Å². The lowest BCUT2D eigenvalue weighted by Crippen LogP contribution is -2.27. The Morgan fingerprint density at radius 3 is 2.59 bits per heavy atom. The lowest BCUT2D eigenvalue weighted by atomic mass is 10.4. The van der Waals surface area contributed by atoms with E-state index in [0.717, 1.165) is 0 Å². The van der Waals surface area contributed by atoms with Gasteiger partial charge in [-0.25, -0.2) is 17.7 Å². The second kappa shape index (κ2) is 4.11. The van der Waals surface area contributed by atoms with Crippen molar-refractivity contribution < 1.29 is 8.42 Å². The van der Waals surface area contributed by atoms with Gasteiger partial charge in [0, 0.05) is 18.6 Å². The van der Waals surface area contributed by atoms with E-state index in [-0.39, 0.29) is 4.90 Å². The van der Waals surface area contributed by atoms with Crippen LogP contribution in [0.3, 0.4) is 0 Å². The van der Waals surface area contributed by atoms with Gasteiger partial charge in [0.25, 0.3) is 10.0 Å². The van der Waals surface area contributed by atoms with Gasteiger partial charge < -0.3 is 0 Å². The largest absolute Gasteiger partial charge is 0.281 e. The van der Waals surface area contributed by atoms with E-state index < -0.39 is 10.0 Å². The highest BCUT2D eigenvalue weighted by Gasteiger charge is 2.28. The fourth-order valence-corrected chi connectivity index (χ4v) is 3.85. The molecule has 2 rings (SSSR count). The van der Waals surface area contributed by atoms with E-state index in [2.05, 4.69) is 15.2 Å². The van der Waals surface area contributed by atoms with Gasteiger partial charge in [0.05, 0.1) is 11.4 Å². The number of sulfonamides is 1. The van der Waals surface area contributed by atoms with Crippen LogP contribution in [0.25, 0.3) is 0 Å². The van der Waals surface area contributed by atoms with Gasteiger partial charge in [-0.3, -0.25) is 5.10 Å². The van der Waals surface area contributed by atoms with Gasteiger partial charge in [-0.05, 0) is 13.8 Å². The number of rotatable bonds is 3. The number of aromatic nitrogens is 3. The normalized spacial score (nSPS) is 11.7. The summed E-state index contributed by atoms with van der Waals surface area (Å²) in [6.07, 6.45) is 1.57. The Hall–Kier alpha value is -1.41. The molecule has 8 heteroatoms. The van der Waals surface area contributed by atoms with Gasteiger partial charge in [0.1, 0.15) is 4.90 Å². The molecule has 0 aliphatic rings. The first-order chi connectivity index (χ1) is 7.94. The van der Waals surface area contributed by atoms with Crippen LogP contribution < -0.4 is 4.31 Å². The molecule has 2 aromatic heterocycles. The second-order valence-electron chi connectivity index (χ2n) is 3.55. The van der Waals surface area contributed by atoms with E-state index >= 15 is 0 Å². The average Bonchev–Trinajstić information content (AvgIpc) is 2.87. The fourth-order valence-electron chi connectivity index (χ4n) is 1.53. The van der Waals surface area contributed by atoms with Crippen LogP contribution >= 0.6 is 11.3 Å². The Kier molecular flexibility index (Phi) is 2.92. The zero-order valence-electron chi connectivity index (χ0n) is 9.63. The molecule has 0 aromatic carbocycles. The van der Waals surface area contributed by atoms with Crippen LogP contribution in [0.1, 0.15) is 11.4 Å². The van der Waals surface area contributed by atoms with Crippen molar-refractivity contribution in [1.29, 1.82) is 0 Å². The molecule has 6 nitrogen and oxygen atoms in total. The van der Waals surface area contributed by atoms with E-state index in [1.54, 1.807) is 25.4 Å². The SMILES string of the molecule is Cc1n[nH]c(C)c1S(=O)(=O)N(C)c1nccs1. The van der Waals surface area contributed by atoms with Crippen LogP contribution in [-0.2, 0) is 10.0 Å². The molecule has 0 atom stereocenters. The molecule has 0 amide bonds. The zero-order valence-corrected chi connectivity index (χ0v) is 11.3. The predicted molar refractivity (Wildman–Crippen MR) is 65.8 cm³/mol.